The number of aromatic amines is 1. The summed E-state index contributed by atoms with van der Waals surface area (Å²) in [6.45, 7) is 10.9. The number of aryl methyl sites for hydroxylation is 2. The van der Waals surface area contributed by atoms with E-state index in [1.165, 1.54) is 33.3 Å². The lowest BCUT2D eigenvalue weighted by Crippen LogP contribution is -2.56. The standard InChI is InChI=1S/C23H34N4O/c1-6-15-9-19-18-11-16(25-23(28)27(7-2)8-3)13-26(5)21(18)12-17-14(4)24-20(10-15)22(17)19/h9-10,16,18,21,24H,6-8,11-13H2,1-5H3,(H,25,28)/t16-,18+,21+/m0/s1. The van der Waals surface area contributed by atoms with Gasteiger partial charge in [-0.05, 0) is 69.8 Å². The fourth-order valence-corrected chi connectivity index (χ4v) is 5.43. The van der Waals surface area contributed by atoms with Gasteiger partial charge in [0.15, 0.2) is 0 Å². The highest BCUT2D eigenvalue weighted by atomic mass is 16.2. The summed E-state index contributed by atoms with van der Waals surface area (Å²) < 4.78 is 0. The summed E-state index contributed by atoms with van der Waals surface area (Å²) in [6.07, 6.45) is 3.17. The number of aromatic nitrogens is 1. The Morgan fingerprint density at radius 1 is 1.29 bits per heavy atom. The molecule has 2 heterocycles. The Labute approximate surface area is 168 Å². The van der Waals surface area contributed by atoms with Crippen LogP contribution >= 0.6 is 0 Å². The average Bonchev–Trinajstić information content (AvgIpc) is 2.99. The summed E-state index contributed by atoms with van der Waals surface area (Å²) in [5, 5.41) is 4.76. The van der Waals surface area contributed by atoms with Crippen molar-refractivity contribution in [3.63, 3.8) is 0 Å². The molecule has 0 unspecified atom stereocenters. The van der Waals surface area contributed by atoms with Crippen LogP contribution in [-0.4, -0.2) is 59.6 Å². The predicted octanol–water partition coefficient (Wildman–Crippen LogP) is 3.80. The summed E-state index contributed by atoms with van der Waals surface area (Å²) >= 11 is 0. The van der Waals surface area contributed by atoms with E-state index in [0.29, 0.717) is 12.0 Å². The molecule has 1 saturated heterocycles. The van der Waals surface area contributed by atoms with Crippen LogP contribution < -0.4 is 5.32 Å². The molecule has 0 radical (unpaired) electrons. The van der Waals surface area contributed by atoms with Crippen molar-refractivity contribution in [1.29, 1.82) is 0 Å². The highest BCUT2D eigenvalue weighted by molar-refractivity contribution is 5.90. The lowest BCUT2D eigenvalue weighted by Gasteiger charge is -2.46. The first kappa shape index (κ1) is 19.3. The van der Waals surface area contributed by atoms with E-state index in [2.05, 4.69) is 48.2 Å². The van der Waals surface area contributed by atoms with Gasteiger partial charge in [-0.3, -0.25) is 0 Å². The maximum atomic E-state index is 12.6. The minimum atomic E-state index is 0.0725. The molecule has 1 aromatic heterocycles. The van der Waals surface area contributed by atoms with Crippen LogP contribution in [0.25, 0.3) is 10.9 Å². The molecule has 2 amide bonds. The van der Waals surface area contributed by atoms with Gasteiger partial charge in [-0.1, -0.05) is 13.0 Å². The van der Waals surface area contributed by atoms with Crippen LogP contribution in [0.4, 0.5) is 4.79 Å². The minimum absolute atomic E-state index is 0.0725. The molecule has 4 rings (SSSR count). The number of likely N-dealkylation sites (N-methyl/N-ethyl adjacent to an activating group) is 1. The van der Waals surface area contributed by atoms with Gasteiger partial charge < -0.3 is 20.1 Å². The van der Waals surface area contributed by atoms with Crippen molar-refractivity contribution in [3.8, 4) is 0 Å². The maximum absolute atomic E-state index is 12.6. The molecule has 1 aromatic carbocycles. The van der Waals surface area contributed by atoms with Gasteiger partial charge in [0.25, 0.3) is 0 Å². The highest BCUT2D eigenvalue weighted by Gasteiger charge is 2.40. The van der Waals surface area contributed by atoms with Gasteiger partial charge in [0.05, 0.1) is 0 Å². The maximum Gasteiger partial charge on any atom is 0.317 e. The molecule has 152 valence electrons. The second-order valence-corrected chi connectivity index (χ2v) is 8.56. The fraction of sp³-hybridized carbons (Fsp3) is 0.609. The first-order valence-corrected chi connectivity index (χ1v) is 10.9. The van der Waals surface area contributed by atoms with E-state index in [4.69, 9.17) is 0 Å². The summed E-state index contributed by atoms with van der Waals surface area (Å²) in [4.78, 5) is 20.6. The molecule has 2 N–H and O–H groups in total. The highest BCUT2D eigenvalue weighted by Crippen LogP contribution is 2.44. The zero-order valence-electron chi connectivity index (χ0n) is 17.9. The number of piperidine rings is 1. The predicted molar refractivity (Wildman–Crippen MR) is 115 cm³/mol. The topological polar surface area (TPSA) is 51.4 Å². The molecule has 28 heavy (non-hydrogen) atoms. The monoisotopic (exact) mass is 382 g/mol. The van der Waals surface area contributed by atoms with E-state index in [1.54, 1.807) is 0 Å². The number of fused-ring (bicyclic) bond motifs is 2. The largest absolute Gasteiger partial charge is 0.358 e. The first-order valence-electron chi connectivity index (χ1n) is 10.9. The van der Waals surface area contributed by atoms with Crippen molar-refractivity contribution in [1.82, 2.24) is 20.1 Å². The fourth-order valence-electron chi connectivity index (χ4n) is 5.43. The summed E-state index contributed by atoms with van der Waals surface area (Å²) in [7, 11) is 2.22. The summed E-state index contributed by atoms with van der Waals surface area (Å²) in [6, 6.07) is 5.53. The van der Waals surface area contributed by atoms with E-state index < -0.39 is 0 Å². The molecule has 1 fully saturated rings. The van der Waals surface area contributed by atoms with Crippen LogP contribution in [0.1, 0.15) is 55.5 Å². The Hall–Kier alpha value is -2.01. The second kappa shape index (κ2) is 7.43. The number of urea groups is 1. The molecule has 3 atom stereocenters. The average molecular weight is 383 g/mol. The first-order chi connectivity index (χ1) is 13.5. The number of nitrogens with one attached hydrogen (secondary N) is 2. The number of amides is 2. The van der Waals surface area contributed by atoms with Crippen molar-refractivity contribution < 1.29 is 4.79 Å². The molecular formula is C23H34N4O. The van der Waals surface area contributed by atoms with E-state index >= 15 is 0 Å². The number of hydrogen-bond donors (Lipinski definition) is 2. The van der Waals surface area contributed by atoms with E-state index in [9.17, 15) is 4.79 Å². The minimum Gasteiger partial charge on any atom is -0.358 e. The third kappa shape index (κ3) is 3.10. The number of benzene rings is 1. The van der Waals surface area contributed by atoms with Crippen LogP contribution in [0.3, 0.4) is 0 Å². The van der Waals surface area contributed by atoms with Crippen LogP contribution in [0.5, 0.6) is 0 Å². The number of likely N-dealkylation sites (tertiary alicyclic amines) is 1. The van der Waals surface area contributed by atoms with Gasteiger partial charge >= 0.3 is 6.03 Å². The SMILES string of the molecule is CCc1cc2c3c(c(C)[nH]c3c1)C[C@@H]1[C@@H]2C[C@H](NC(=O)N(CC)CC)CN1C. The van der Waals surface area contributed by atoms with Crippen LogP contribution in [0.15, 0.2) is 12.1 Å². The molecule has 1 aliphatic heterocycles. The molecule has 1 aliphatic carbocycles. The van der Waals surface area contributed by atoms with E-state index in [1.807, 2.05) is 18.7 Å². The van der Waals surface area contributed by atoms with E-state index in [-0.39, 0.29) is 12.1 Å². The number of hydrogen-bond acceptors (Lipinski definition) is 2. The Morgan fingerprint density at radius 2 is 2.04 bits per heavy atom. The Kier molecular flexibility index (Phi) is 5.13. The Morgan fingerprint density at radius 3 is 2.71 bits per heavy atom. The van der Waals surface area contributed by atoms with Gasteiger partial charge in [0, 0.05) is 54.2 Å². The van der Waals surface area contributed by atoms with Crippen molar-refractivity contribution in [2.24, 2.45) is 0 Å². The molecule has 0 spiro atoms. The number of carbonyl (C=O) groups is 1. The zero-order chi connectivity index (χ0) is 20.0. The van der Waals surface area contributed by atoms with Gasteiger partial charge in [-0.2, -0.15) is 0 Å². The van der Waals surface area contributed by atoms with Crippen molar-refractivity contribution in [3.05, 3.63) is 34.5 Å². The summed E-state index contributed by atoms with van der Waals surface area (Å²) in [5.41, 5.74) is 6.98. The van der Waals surface area contributed by atoms with Crippen molar-refractivity contribution in [2.45, 2.75) is 65.0 Å². The van der Waals surface area contributed by atoms with Gasteiger partial charge in [0.1, 0.15) is 0 Å². The normalized spacial score (nSPS) is 24.2. The third-order valence-corrected chi connectivity index (χ3v) is 6.98. The number of rotatable bonds is 4. The smallest absolute Gasteiger partial charge is 0.317 e. The molecule has 5 heteroatoms. The van der Waals surface area contributed by atoms with Crippen LogP contribution in [-0.2, 0) is 12.8 Å². The third-order valence-electron chi connectivity index (χ3n) is 6.98. The molecule has 0 saturated carbocycles. The molecule has 0 bridgehead atoms. The van der Waals surface area contributed by atoms with Gasteiger partial charge in [-0.15, -0.1) is 0 Å². The Balaban J connectivity index is 1.68. The van der Waals surface area contributed by atoms with Crippen LogP contribution in [0, 0.1) is 6.92 Å². The lowest BCUT2D eigenvalue weighted by atomic mass is 9.73. The number of nitrogens with zero attached hydrogens (tertiary/aromatic N) is 2. The van der Waals surface area contributed by atoms with Crippen molar-refractivity contribution in [2.75, 3.05) is 26.7 Å². The number of H-pyrrole nitrogens is 1. The molecule has 5 nitrogen and oxygen atoms in total. The quantitative estimate of drug-likeness (QED) is 0.845. The Bertz CT molecular complexity index is 882. The van der Waals surface area contributed by atoms with Crippen molar-refractivity contribution >= 4 is 16.9 Å². The summed E-state index contributed by atoms with van der Waals surface area (Å²) in [5.74, 6) is 0.470. The van der Waals surface area contributed by atoms with E-state index in [0.717, 1.165) is 38.9 Å². The van der Waals surface area contributed by atoms with Crippen LogP contribution in [0.2, 0.25) is 0 Å². The second-order valence-electron chi connectivity index (χ2n) is 8.56. The lowest BCUT2D eigenvalue weighted by molar-refractivity contribution is 0.124. The van der Waals surface area contributed by atoms with Gasteiger partial charge in [-0.25, -0.2) is 4.79 Å². The molecule has 2 aromatic rings. The number of carbonyl (C=O) groups excluding carboxylic acids is 1. The van der Waals surface area contributed by atoms with Gasteiger partial charge in [0.2, 0.25) is 0 Å². The molecule has 2 aliphatic rings. The molecular weight excluding hydrogens is 348 g/mol. The zero-order valence-corrected chi connectivity index (χ0v) is 17.9.